The first kappa shape index (κ1) is 13.0. The van der Waals surface area contributed by atoms with Crippen molar-refractivity contribution in [2.24, 2.45) is 0 Å². The minimum Gasteiger partial charge on any atom is -0.375 e. The van der Waals surface area contributed by atoms with Gasteiger partial charge in [-0.05, 0) is 26.3 Å². The molecule has 1 atom stereocenters. The van der Waals surface area contributed by atoms with E-state index in [-0.39, 0.29) is 0 Å². The fraction of sp³-hybridized carbons (Fsp3) is 0.538. The van der Waals surface area contributed by atoms with E-state index in [0.717, 1.165) is 18.8 Å². The van der Waals surface area contributed by atoms with E-state index in [1.165, 1.54) is 29.3 Å². The molecule has 19 heavy (non-hydrogen) atoms. The summed E-state index contributed by atoms with van der Waals surface area (Å²) in [4.78, 5) is 12.5. The Morgan fingerprint density at radius 3 is 3.11 bits per heavy atom. The highest BCUT2D eigenvalue weighted by Crippen LogP contribution is 2.30. The average molecular weight is 294 g/mol. The average Bonchev–Trinajstić information content (AvgIpc) is 2.99. The van der Waals surface area contributed by atoms with Gasteiger partial charge in [-0.2, -0.15) is 0 Å². The van der Waals surface area contributed by atoms with Crippen molar-refractivity contribution in [3.05, 3.63) is 27.2 Å². The molecule has 0 aliphatic carbocycles. The molecule has 0 aromatic carbocycles. The van der Waals surface area contributed by atoms with Crippen LogP contribution >= 0.6 is 22.7 Å². The van der Waals surface area contributed by atoms with Gasteiger partial charge in [0, 0.05) is 41.2 Å². The molecular weight excluding hydrogens is 276 g/mol. The van der Waals surface area contributed by atoms with Crippen molar-refractivity contribution in [3.63, 3.8) is 0 Å². The van der Waals surface area contributed by atoms with Crippen molar-refractivity contribution >= 4 is 27.8 Å². The smallest absolute Gasteiger partial charge is 0.180 e. The summed E-state index contributed by atoms with van der Waals surface area (Å²) in [6.07, 6.45) is 4.41. The Balaban J connectivity index is 1.64. The van der Waals surface area contributed by atoms with Gasteiger partial charge in [0.25, 0.3) is 0 Å². The molecule has 1 saturated heterocycles. The van der Waals surface area contributed by atoms with Gasteiger partial charge in [0.05, 0.1) is 5.01 Å². The maximum absolute atomic E-state index is 5.69. The number of nitrogen functional groups attached to an aromatic ring is 1. The first-order valence-corrected chi connectivity index (χ1v) is 8.25. The zero-order valence-electron chi connectivity index (χ0n) is 11.0. The Morgan fingerprint density at radius 2 is 2.42 bits per heavy atom. The third-order valence-electron chi connectivity index (χ3n) is 3.44. The first-order chi connectivity index (χ1) is 9.20. The topological polar surface area (TPSA) is 55.0 Å². The maximum Gasteiger partial charge on any atom is 0.180 e. The lowest BCUT2D eigenvalue weighted by atomic mass is 9.99. The molecule has 6 heteroatoms. The van der Waals surface area contributed by atoms with Crippen molar-refractivity contribution in [2.75, 3.05) is 18.8 Å². The van der Waals surface area contributed by atoms with Crippen molar-refractivity contribution < 1.29 is 0 Å². The highest BCUT2D eigenvalue weighted by Gasteiger charge is 2.23. The van der Waals surface area contributed by atoms with Crippen LogP contribution in [0.25, 0.3) is 0 Å². The molecule has 0 bridgehead atoms. The summed E-state index contributed by atoms with van der Waals surface area (Å²) in [5.41, 5.74) is 6.83. The molecule has 2 aromatic rings. The number of nitrogens with zero attached hydrogens (tertiary/aromatic N) is 3. The van der Waals surface area contributed by atoms with Gasteiger partial charge >= 0.3 is 0 Å². The van der Waals surface area contributed by atoms with Crippen molar-refractivity contribution in [1.82, 2.24) is 14.9 Å². The molecule has 1 aliphatic heterocycles. The van der Waals surface area contributed by atoms with Crippen molar-refractivity contribution in [2.45, 2.75) is 32.2 Å². The SMILES string of the molecule is Cc1csc(C2CCCN(Cc3cnc(N)s3)C2)n1. The Morgan fingerprint density at radius 1 is 1.53 bits per heavy atom. The number of hydrogen-bond donors (Lipinski definition) is 1. The number of anilines is 1. The second kappa shape index (κ2) is 5.56. The lowest BCUT2D eigenvalue weighted by molar-refractivity contribution is 0.201. The Kier molecular flexibility index (Phi) is 3.81. The van der Waals surface area contributed by atoms with Gasteiger partial charge < -0.3 is 5.73 Å². The molecule has 0 amide bonds. The van der Waals surface area contributed by atoms with Crippen molar-refractivity contribution in [3.8, 4) is 0 Å². The van der Waals surface area contributed by atoms with Gasteiger partial charge in [0.1, 0.15) is 0 Å². The van der Waals surface area contributed by atoms with Gasteiger partial charge in [0.15, 0.2) is 5.13 Å². The Labute approximate surface area is 121 Å². The van der Waals surface area contributed by atoms with E-state index in [2.05, 4.69) is 27.2 Å². The monoisotopic (exact) mass is 294 g/mol. The third-order valence-corrected chi connectivity index (χ3v) is 5.38. The van der Waals surface area contributed by atoms with Gasteiger partial charge in [-0.1, -0.05) is 0 Å². The molecule has 0 saturated carbocycles. The molecule has 1 unspecified atom stereocenters. The quantitative estimate of drug-likeness (QED) is 0.945. The third kappa shape index (κ3) is 3.13. The van der Waals surface area contributed by atoms with Crippen molar-refractivity contribution in [1.29, 1.82) is 0 Å². The molecule has 2 N–H and O–H groups in total. The molecule has 1 aliphatic rings. The van der Waals surface area contributed by atoms with Crippen LogP contribution in [0.4, 0.5) is 5.13 Å². The number of nitrogens with two attached hydrogens (primary N) is 1. The largest absolute Gasteiger partial charge is 0.375 e. The second-order valence-corrected chi connectivity index (χ2v) is 7.10. The molecule has 102 valence electrons. The number of hydrogen-bond acceptors (Lipinski definition) is 6. The zero-order valence-corrected chi connectivity index (χ0v) is 12.6. The summed E-state index contributed by atoms with van der Waals surface area (Å²) in [6.45, 7) is 5.31. The maximum atomic E-state index is 5.69. The van der Waals surface area contributed by atoms with E-state index < -0.39 is 0 Å². The molecule has 0 radical (unpaired) electrons. The molecule has 2 aromatic heterocycles. The second-order valence-electron chi connectivity index (χ2n) is 5.07. The molecule has 1 fully saturated rings. The van der Waals surface area contributed by atoms with Gasteiger partial charge in [-0.25, -0.2) is 9.97 Å². The first-order valence-electron chi connectivity index (χ1n) is 6.55. The van der Waals surface area contributed by atoms with Gasteiger partial charge in [-0.15, -0.1) is 22.7 Å². The summed E-state index contributed by atoms with van der Waals surface area (Å²) in [7, 11) is 0. The van der Waals surface area contributed by atoms with Crippen LogP contribution < -0.4 is 5.73 Å². The number of thiazole rings is 2. The minimum absolute atomic E-state index is 0.595. The molecular formula is C13H18N4S2. The van der Waals surface area contributed by atoms with Crippen LogP contribution in [0.5, 0.6) is 0 Å². The predicted octanol–water partition coefficient (Wildman–Crippen LogP) is 2.87. The van der Waals surface area contributed by atoms with E-state index in [0.29, 0.717) is 11.0 Å². The highest BCUT2D eigenvalue weighted by atomic mass is 32.1. The van der Waals surface area contributed by atoms with Gasteiger partial charge in [0.2, 0.25) is 0 Å². The molecule has 4 nitrogen and oxygen atoms in total. The summed E-state index contributed by atoms with van der Waals surface area (Å²) in [6, 6.07) is 0. The molecule has 3 heterocycles. The highest BCUT2D eigenvalue weighted by molar-refractivity contribution is 7.15. The predicted molar refractivity (Wildman–Crippen MR) is 80.6 cm³/mol. The zero-order chi connectivity index (χ0) is 13.2. The lowest BCUT2D eigenvalue weighted by Gasteiger charge is -2.31. The van der Waals surface area contributed by atoms with E-state index in [9.17, 15) is 0 Å². The molecule has 3 rings (SSSR count). The van der Waals surface area contributed by atoms with Crippen LogP contribution in [0.3, 0.4) is 0 Å². The lowest BCUT2D eigenvalue weighted by Crippen LogP contribution is -2.33. The Bertz CT molecular complexity index is 548. The van der Waals surface area contributed by atoms with E-state index in [1.807, 2.05) is 6.20 Å². The van der Waals surface area contributed by atoms with Crippen LogP contribution in [-0.4, -0.2) is 28.0 Å². The summed E-state index contributed by atoms with van der Waals surface area (Å²) < 4.78 is 0. The Hall–Kier alpha value is -0.980. The van der Waals surface area contributed by atoms with Crippen LogP contribution in [0, 0.1) is 6.92 Å². The number of aromatic nitrogens is 2. The van der Waals surface area contributed by atoms with Crippen LogP contribution in [0.15, 0.2) is 11.6 Å². The van der Waals surface area contributed by atoms with Gasteiger partial charge in [-0.3, -0.25) is 4.90 Å². The standard InChI is InChI=1S/C13H18N4S2/c1-9-8-18-12(16-9)10-3-2-4-17(6-10)7-11-5-15-13(14)19-11/h5,8,10H,2-4,6-7H2,1H3,(H2,14,15). The van der Waals surface area contributed by atoms with E-state index >= 15 is 0 Å². The van der Waals surface area contributed by atoms with E-state index in [4.69, 9.17) is 5.73 Å². The summed E-state index contributed by atoms with van der Waals surface area (Å²) in [5.74, 6) is 0.595. The minimum atomic E-state index is 0.595. The van der Waals surface area contributed by atoms with Crippen LogP contribution in [0.2, 0.25) is 0 Å². The summed E-state index contributed by atoms with van der Waals surface area (Å²) in [5, 5.41) is 4.11. The van der Waals surface area contributed by atoms with Crippen LogP contribution in [0.1, 0.15) is 34.3 Å². The number of rotatable bonds is 3. The number of piperidine rings is 1. The normalized spacial score (nSPS) is 20.8. The fourth-order valence-electron chi connectivity index (χ4n) is 2.58. The molecule has 0 spiro atoms. The fourth-order valence-corrected chi connectivity index (χ4v) is 4.23. The van der Waals surface area contributed by atoms with E-state index in [1.54, 1.807) is 22.7 Å². The number of aryl methyl sites for hydroxylation is 1. The summed E-state index contributed by atoms with van der Waals surface area (Å²) >= 11 is 3.40. The van der Waals surface area contributed by atoms with Crippen LogP contribution in [-0.2, 0) is 6.54 Å². The number of likely N-dealkylation sites (tertiary alicyclic amines) is 1.